The number of carbonyl (C=O) groups excluding carboxylic acids is 1. The number of benzene rings is 1. The summed E-state index contributed by atoms with van der Waals surface area (Å²) in [5, 5.41) is 0. The first kappa shape index (κ1) is 18.3. The van der Waals surface area contributed by atoms with Gasteiger partial charge in [-0.15, -0.1) is 12.4 Å². The number of hydrogen-bond acceptors (Lipinski definition) is 2. The maximum Gasteiger partial charge on any atom is 0.227 e. The molecule has 23 heavy (non-hydrogen) atoms. The quantitative estimate of drug-likeness (QED) is 0.905. The van der Waals surface area contributed by atoms with Crippen LogP contribution in [0.3, 0.4) is 0 Å². The molecule has 1 saturated carbocycles. The summed E-state index contributed by atoms with van der Waals surface area (Å²) in [7, 11) is 0. The number of hydrogen-bond donors (Lipinski definition) is 1. The highest BCUT2D eigenvalue weighted by atomic mass is 35.5. The van der Waals surface area contributed by atoms with Gasteiger partial charge in [-0.2, -0.15) is 0 Å². The Morgan fingerprint density at radius 2 is 1.78 bits per heavy atom. The number of nitrogens with two attached hydrogens (primary N) is 1. The van der Waals surface area contributed by atoms with Crippen molar-refractivity contribution in [2.45, 2.75) is 57.5 Å². The Labute approximate surface area is 146 Å². The van der Waals surface area contributed by atoms with E-state index < -0.39 is 0 Å². The Morgan fingerprint density at radius 3 is 2.43 bits per heavy atom. The van der Waals surface area contributed by atoms with Gasteiger partial charge >= 0.3 is 0 Å². The van der Waals surface area contributed by atoms with Crippen molar-refractivity contribution in [2.24, 2.45) is 17.6 Å². The third-order valence-corrected chi connectivity index (χ3v) is 5.64. The van der Waals surface area contributed by atoms with Crippen molar-refractivity contribution >= 4 is 18.3 Å². The number of amides is 1. The third kappa shape index (κ3) is 3.89. The topological polar surface area (TPSA) is 46.3 Å². The van der Waals surface area contributed by atoms with Crippen LogP contribution in [0.25, 0.3) is 0 Å². The maximum atomic E-state index is 13.0. The van der Waals surface area contributed by atoms with Crippen LogP contribution in [0, 0.1) is 11.8 Å². The summed E-state index contributed by atoms with van der Waals surface area (Å²) in [5.74, 6) is 0.835. The monoisotopic (exact) mass is 336 g/mol. The molecule has 1 saturated heterocycles. The molecule has 0 bridgehead atoms. The molecule has 3 atom stereocenters. The average Bonchev–Trinajstić information content (AvgIpc) is 3.24. The minimum atomic E-state index is -0.210. The fraction of sp³-hybridized carbons (Fsp3) is 0.632. The van der Waals surface area contributed by atoms with Crippen molar-refractivity contribution < 1.29 is 4.79 Å². The van der Waals surface area contributed by atoms with Gasteiger partial charge in [-0.1, -0.05) is 50.1 Å². The van der Waals surface area contributed by atoms with E-state index in [1.54, 1.807) is 0 Å². The predicted molar refractivity (Wildman–Crippen MR) is 96.5 cm³/mol. The maximum absolute atomic E-state index is 13.0. The van der Waals surface area contributed by atoms with Gasteiger partial charge in [-0.05, 0) is 37.2 Å². The molecule has 0 aromatic heterocycles. The first-order valence-corrected chi connectivity index (χ1v) is 8.79. The molecule has 1 aromatic carbocycles. The second-order valence-electron chi connectivity index (χ2n) is 7.01. The molecule has 3 rings (SSSR count). The molecule has 1 aliphatic heterocycles. The number of likely N-dealkylation sites (tertiary alicyclic amines) is 1. The molecule has 3 nitrogen and oxygen atoms in total. The van der Waals surface area contributed by atoms with E-state index in [9.17, 15) is 4.79 Å². The van der Waals surface area contributed by atoms with Crippen LogP contribution in [-0.2, 0) is 4.79 Å². The lowest BCUT2D eigenvalue weighted by molar-refractivity contribution is -0.137. The number of halogens is 1. The molecule has 0 spiro atoms. The molecule has 1 aromatic rings. The van der Waals surface area contributed by atoms with E-state index in [0.29, 0.717) is 6.04 Å². The van der Waals surface area contributed by atoms with Crippen molar-refractivity contribution in [1.29, 1.82) is 0 Å². The molecular weight excluding hydrogens is 308 g/mol. The zero-order valence-corrected chi connectivity index (χ0v) is 14.8. The Morgan fingerprint density at radius 1 is 1.13 bits per heavy atom. The molecule has 2 fully saturated rings. The highest BCUT2D eigenvalue weighted by Gasteiger charge is 2.38. The van der Waals surface area contributed by atoms with E-state index in [1.807, 2.05) is 37.3 Å². The largest absolute Gasteiger partial charge is 0.339 e. The van der Waals surface area contributed by atoms with Gasteiger partial charge in [0.1, 0.15) is 0 Å². The fourth-order valence-electron chi connectivity index (χ4n) is 4.28. The lowest BCUT2D eigenvalue weighted by Gasteiger charge is -2.33. The minimum absolute atomic E-state index is 0. The van der Waals surface area contributed by atoms with E-state index in [2.05, 4.69) is 4.90 Å². The number of nitrogens with zero attached hydrogens (tertiary/aromatic N) is 1. The summed E-state index contributed by atoms with van der Waals surface area (Å²) < 4.78 is 0. The van der Waals surface area contributed by atoms with Gasteiger partial charge in [-0.3, -0.25) is 4.79 Å². The van der Waals surface area contributed by atoms with Crippen LogP contribution in [0.2, 0.25) is 0 Å². The molecule has 128 valence electrons. The normalized spacial score (nSPS) is 24.3. The fourth-order valence-corrected chi connectivity index (χ4v) is 4.28. The van der Waals surface area contributed by atoms with Crippen LogP contribution in [0.15, 0.2) is 30.3 Å². The SMILES string of the molecule is CC(C(=O)N1CCCC1C1CCCC1)C(N)c1ccccc1.Cl. The van der Waals surface area contributed by atoms with Crippen molar-refractivity contribution in [3.05, 3.63) is 35.9 Å². The highest BCUT2D eigenvalue weighted by Crippen LogP contribution is 2.36. The van der Waals surface area contributed by atoms with Crippen molar-refractivity contribution in [2.75, 3.05) is 6.54 Å². The van der Waals surface area contributed by atoms with Crippen LogP contribution in [0.4, 0.5) is 0 Å². The Bertz CT molecular complexity index is 501. The van der Waals surface area contributed by atoms with Gasteiger partial charge in [0.25, 0.3) is 0 Å². The van der Waals surface area contributed by atoms with Crippen molar-refractivity contribution in [1.82, 2.24) is 4.90 Å². The molecule has 1 heterocycles. The molecule has 1 aliphatic carbocycles. The standard InChI is InChI=1S/C19H28N2O.ClH/c1-14(18(20)16-10-3-2-4-11-16)19(22)21-13-7-12-17(21)15-8-5-6-9-15;/h2-4,10-11,14-15,17-18H,5-9,12-13,20H2,1H3;1H. The van der Waals surface area contributed by atoms with Crippen molar-refractivity contribution in [3.63, 3.8) is 0 Å². The first-order valence-electron chi connectivity index (χ1n) is 8.79. The van der Waals surface area contributed by atoms with E-state index >= 15 is 0 Å². The van der Waals surface area contributed by atoms with Crippen LogP contribution in [0.5, 0.6) is 0 Å². The van der Waals surface area contributed by atoms with E-state index in [-0.39, 0.29) is 30.3 Å². The summed E-state index contributed by atoms with van der Waals surface area (Å²) in [6.45, 7) is 2.91. The smallest absolute Gasteiger partial charge is 0.227 e. The van der Waals surface area contributed by atoms with Crippen LogP contribution < -0.4 is 5.73 Å². The molecule has 2 aliphatic rings. The van der Waals surface area contributed by atoms with Gasteiger partial charge in [0.2, 0.25) is 5.91 Å². The van der Waals surface area contributed by atoms with Gasteiger partial charge in [0.05, 0.1) is 5.92 Å². The molecule has 1 amide bonds. The Hall–Kier alpha value is -1.06. The minimum Gasteiger partial charge on any atom is -0.339 e. The van der Waals surface area contributed by atoms with Crippen LogP contribution in [0.1, 0.15) is 57.1 Å². The van der Waals surface area contributed by atoms with Crippen molar-refractivity contribution in [3.8, 4) is 0 Å². The van der Waals surface area contributed by atoms with Crippen LogP contribution in [-0.4, -0.2) is 23.4 Å². The average molecular weight is 337 g/mol. The predicted octanol–water partition coefficient (Wildman–Crippen LogP) is 3.93. The highest BCUT2D eigenvalue weighted by molar-refractivity contribution is 5.85. The summed E-state index contributed by atoms with van der Waals surface area (Å²) in [5.41, 5.74) is 7.41. The lowest BCUT2D eigenvalue weighted by atomic mass is 9.92. The third-order valence-electron chi connectivity index (χ3n) is 5.64. The Kier molecular flexibility index (Phi) is 6.49. The summed E-state index contributed by atoms with van der Waals surface area (Å²) in [4.78, 5) is 15.1. The van der Waals surface area contributed by atoms with Gasteiger partial charge in [0.15, 0.2) is 0 Å². The molecular formula is C19H29ClN2O. The summed E-state index contributed by atoms with van der Waals surface area (Å²) >= 11 is 0. The molecule has 4 heteroatoms. The van der Waals surface area contributed by atoms with E-state index in [4.69, 9.17) is 5.73 Å². The van der Waals surface area contributed by atoms with E-state index in [1.165, 1.54) is 32.1 Å². The van der Waals surface area contributed by atoms with Crippen LogP contribution >= 0.6 is 12.4 Å². The second kappa shape index (κ2) is 8.16. The first-order chi connectivity index (χ1) is 10.7. The second-order valence-corrected chi connectivity index (χ2v) is 7.01. The van der Waals surface area contributed by atoms with E-state index in [0.717, 1.165) is 24.4 Å². The zero-order valence-electron chi connectivity index (χ0n) is 14.0. The van der Waals surface area contributed by atoms with Gasteiger partial charge in [0, 0.05) is 18.6 Å². The molecule has 3 unspecified atom stereocenters. The van der Waals surface area contributed by atoms with Gasteiger partial charge < -0.3 is 10.6 Å². The lowest BCUT2D eigenvalue weighted by Crippen LogP contribution is -2.44. The number of carbonyl (C=O) groups is 1. The summed E-state index contributed by atoms with van der Waals surface area (Å²) in [6, 6.07) is 10.3. The van der Waals surface area contributed by atoms with Gasteiger partial charge in [-0.25, -0.2) is 0 Å². The molecule has 2 N–H and O–H groups in total. The zero-order chi connectivity index (χ0) is 15.5. The summed E-state index contributed by atoms with van der Waals surface area (Å²) in [6.07, 6.45) is 7.61. The molecule has 0 radical (unpaired) electrons. The Balaban J connectivity index is 0.00000192. The number of rotatable bonds is 4.